The molecule has 1 N–H and O–H groups in total. The van der Waals surface area contributed by atoms with Gasteiger partial charge in [0.1, 0.15) is 5.75 Å². The lowest BCUT2D eigenvalue weighted by atomic mass is 10.2. The molecule has 1 unspecified atom stereocenters. The third-order valence-corrected chi connectivity index (χ3v) is 4.26. The number of nitrogens with zero attached hydrogens (tertiary/aromatic N) is 2. The predicted octanol–water partition coefficient (Wildman–Crippen LogP) is 0.907. The first-order valence-corrected chi connectivity index (χ1v) is 8.52. The third kappa shape index (κ3) is 4.71. The number of likely N-dealkylation sites (N-methyl/N-ethyl adjacent to an activating group) is 1. The second kappa shape index (κ2) is 8.68. The zero-order valence-corrected chi connectivity index (χ0v) is 14.7. The molecule has 1 aromatic carbocycles. The molecule has 6 nitrogen and oxygen atoms in total. The minimum atomic E-state index is -0.531. The molecule has 24 heavy (non-hydrogen) atoms. The van der Waals surface area contributed by atoms with Crippen LogP contribution in [0.3, 0.4) is 0 Å². The first-order valence-electron chi connectivity index (χ1n) is 8.52. The van der Waals surface area contributed by atoms with Crippen LogP contribution in [-0.4, -0.2) is 67.5 Å². The highest BCUT2D eigenvalue weighted by Gasteiger charge is 2.27. The number of carbonyl (C=O) groups excluding carboxylic acids is 2. The van der Waals surface area contributed by atoms with Crippen molar-refractivity contribution < 1.29 is 14.3 Å². The summed E-state index contributed by atoms with van der Waals surface area (Å²) in [4.78, 5) is 27.9. The summed E-state index contributed by atoms with van der Waals surface area (Å²) in [5, 5.41) is 2.86. The van der Waals surface area contributed by atoms with Crippen molar-refractivity contribution in [3.05, 3.63) is 29.8 Å². The van der Waals surface area contributed by atoms with E-state index in [0.29, 0.717) is 38.5 Å². The molecule has 1 aliphatic heterocycles. The fraction of sp³-hybridized carbons (Fsp3) is 0.556. The van der Waals surface area contributed by atoms with E-state index in [2.05, 4.69) is 12.2 Å². The molecule has 0 saturated carbocycles. The fourth-order valence-corrected chi connectivity index (χ4v) is 2.75. The van der Waals surface area contributed by atoms with Crippen LogP contribution in [0.4, 0.5) is 0 Å². The number of hydrogen-bond acceptors (Lipinski definition) is 4. The van der Waals surface area contributed by atoms with Gasteiger partial charge in [0, 0.05) is 26.2 Å². The lowest BCUT2D eigenvalue weighted by molar-refractivity contribution is -0.143. The SMILES string of the molecule is CCc1ccc(OC(C)C(=O)N2CCN(C(=O)CNC)CC2)cc1. The summed E-state index contributed by atoms with van der Waals surface area (Å²) < 4.78 is 5.76. The van der Waals surface area contributed by atoms with Gasteiger partial charge in [-0.3, -0.25) is 9.59 Å². The van der Waals surface area contributed by atoms with Crippen LogP contribution in [0.25, 0.3) is 0 Å². The highest BCUT2D eigenvalue weighted by atomic mass is 16.5. The Balaban J connectivity index is 1.84. The van der Waals surface area contributed by atoms with Crippen molar-refractivity contribution in [2.75, 3.05) is 39.8 Å². The normalized spacial score (nSPS) is 16.0. The van der Waals surface area contributed by atoms with Crippen molar-refractivity contribution in [2.24, 2.45) is 0 Å². The van der Waals surface area contributed by atoms with Crippen LogP contribution in [0.2, 0.25) is 0 Å². The van der Waals surface area contributed by atoms with Crippen LogP contribution in [0.5, 0.6) is 5.75 Å². The van der Waals surface area contributed by atoms with Crippen LogP contribution in [0.1, 0.15) is 19.4 Å². The van der Waals surface area contributed by atoms with Gasteiger partial charge in [0.25, 0.3) is 5.91 Å². The van der Waals surface area contributed by atoms with Crippen LogP contribution < -0.4 is 10.1 Å². The van der Waals surface area contributed by atoms with Crippen molar-refractivity contribution in [3.63, 3.8) is 0 Å². The Bertz CT molecular complexity index is 551. The van der Waals surface area contributed by atoms with Gasteiger partial charge in [0.15, 0.2) is 6.10 Å². The van der Waals surface area contributed by atoms with Gasteiger partial charge in [0.2, 0.25) is 5.91 Å². The van der Waals surface area contributed by atoms with E-state index in [1.807, 2.05) is 24.3 Å². The van der Waals surface area contributed by atoms with Crippen molar-refractivity contribution in [2.45, 2.75) is 26.4 Å². The van der Waals surface area contributed by atoms with Crippen molar-refractivity contribution >= 4 is 11.8 Å². The summed E-state index contributed by atoms with van der Waals surface area (Å²) in [5.41, 5.74) is 1.24. The van der Waals surface area contributed by atoms with Gasteiger partial charge in [-0.05, 0) is 38.1 Å². The maximum Gasteiger partial charge on any atom is 0.263 e. The van der Waals surface area contributed by atoms with Gasteiger partial charge in [-0.15, -0.1) is 0 Å². The van der Waals surface area contributed by atoms with Crippen molar-refractivity contribution in [1.29, 1.82) is 0 Å². The number of ether oxygens (including phenoxy) is 1. The Hall–Kier alpha value is -2.08. The highest BCUT2D eigenvalue weighted by Crippen LogP contribution is 2.15. The minimum Gasteiger partial charge on any atom is -0.481 e. The molecule has 0 bridgehead atoms. The Morgan fingerprint density at radius 1 is 1.12 bits per heavy atom. The van der Waals surface area contributed by atoms with Crippen LogP contribution in [0, 0.1) is 0 Å². The Morgan fingerprint density at radius 2 is 1.71 bits per heavy atom. The zero-order chi connectivity index (χ0) is 17.5. The molecule has 1 aliphatic rings. The number of nitrogens with one attached hydrogen (secondary N) is 1. The van der Waals surface area contributed by atoms with E-state index in [1.54, 1.807) is 23.8 Å². The van der Waals surface area contributed by atoms with E-state index >= 15 is 0 Å². The molecule has 132 valence electrons. The van der Waals surface area contributed by atoms with E-state index < -0.39 is 6.10 Å². The van der Waals surface area contributed by atoms with Gasteiger partial charge in [0.05, 0.1) is 6.54 Å². The van der Waals surface area contributed by atoms with Gasteiger partial charge >= 0.3 is 0 Å². The Morgan fingerprint density at radius 3 is 2.25 bits per heavy atom. The second-order valence-corrected chi connectivity index (χ2v) is 5.99. The van der Waals surface area contributed by atoms with Crippen LogP contribution >= 0.6 is 0 Å². The average Bonchev–Trinajstić information content (AvgIpc) is 2.62. The summed E-state index contributed by atoms with van der Waals surface area (Å²) in [6.45, 7) is 6.46. The van der Waals surface area contributed by atoms with Gasteiger partial charge < -0.3 is 19.9 Å². The standard InChI is InChI=1S/C18H27N3O3/c1-4-15-5-7-16(8-6-15)24-14(2)18(23)21-11-9-20(10-12-21)17(22)13-19-3/h5-8,14,19H,4,9-13H2,1-3H3. The molecule has 0 radical (unpaired) electrons. The summed E-state index contributed by atoms with van der Waals surface area (Å²) >= 11 is 0. The molecular weight excluding hydrogens is 306 g/mol. The summed E-state index contributed by atoms with van der Waals surface area (Å²) in [6, 6.07) is 7.82. The number of carbonyl (C=O) groups is 2. The summed E-state index contributed by atoms with van der Waals surface area (Å²) in [5.74, 6) is 0.746. The maximum atomic E-state index is 12.5. The van der Waals surface area contributed by atoms with Crippen LogP contribution in [-0.2, 0) is 16.0 Å². The lowest BCUT2D eigenvalue weighted by Gasteiger charge is -2.35. The molecule has 0 aromatic heterocycles. The van der Waals surface area contributed by atoms with Crippen molar-refractivity contribution in [3.8, 4) is 5.75 Å². The molecule has 0 aliphatic carbocycles. The zero-order valence-electron chi connectivity index (χ0n) is 14.7. The highest BCUT2D eigenvalue weighted by molar-refractivity contribution is 5.82. The van der Waals surface area contributed by atoms with Gasteiger partial charge in [-0.1, -0.05) is 19.1 Å². The van der Waals surface area contributed by atoms with Crippen molar-refractivity contribution in [1.82, 2.24) is 15.1 Å². The van der Waals surface area contributed by atoms with E-state index in [0.717, 1.165) is 6.42 Å². The molecule has 1 fully saturated rings. The molecule has 1 aromatic rings. The third-order valence-electron chi connectivity index (χ3n) is 4.26. The van der Waals surface area contributed by atoms with Crippen LogP contribution in [0.15, 0.2) is 24.3 Å². The minimum absolute atomic E-state index is 0.0321. The largest absolute Gasteiger partial charge is 0.481 e. The fourth-order valence-electron chi connectivity index (χ4n) is 2.75. The Kier molecular flexibility index (Phi) is 6.61. The lowest BCUT2D eigenvalue weighted by Crippen LogP contribution is -2.54. The first-order chi connectivity index (χ1) is 11.5. The van der Waals surface area contributed by atoms with E-state index in [1.165, 1.54) is 5.56 Å². The number of benzene rings is 1. The molecule has 6 heteroatoms. The summed E-state index contributed by atoms with van der Waals surface area (Å²) in [7, 11) is 1.75. The smallest absolute Gasteiger partial charge is 0.263 e. The average molecular weight is 333 g/mol. The maximum absolute atomic E-state index is 12.5. The molecule has 1 atom stereocenters. The monoisotopic (exact) mass is 333 g/mol. The van der Waals surface area contributed by atoms with E-state index in [4.69, 9.17) is 4.74 Å². The predicted molar refractivity (Wildman–Crippen MR) is 93.0 cm³/mol. The van der Waals surface area contributed by atoms with E-state index in [-0.39, 0.29) is 11.8 Å². The van der Waals surface area contributed by atoms with E-state index in [9.17, 15) is 9.59 Å². The molecule has 2 amide bonds. The number of aryl methyl sites for hydroxylation is 1. The molecule has 0 spiro atoms. The number of amides is 2. The number of hydrogen-bond donors (Lipinski definition) is 1. The van der Waals surface area contributed by atoms with Gasteiger partial charge in [-0.2, -0.15) is 0 Å². The number of piperazine rings is 1. The molecule has 1 heterocycles. The second-order valence-electron chi connectivity index (χ2n) is 5.99. The topological polar surface area (TPSA) is 61.9 Å². The molecular formula is C18H27N3O3. The quantitative estimate of drug-likeness (QED) is 0.840. The Labute approximate surface area is 143 Å². The molecule has 2 rings (SSSR count). The van der Waals surface area contributed by atoms with Gasteiger partial charge in [-0.25, -0.2) is 0 Å². The molecule has 1 saturated heterocycles. The number of rotatable bonds is 6. The first kappa shape index (κ1) is 18.3. The summed E-state index contributed by atoms with van der Waals surface area (Å²) in [6.07, 6.45) is 0.447.